The van der Waals surface area contributed by atoms with Crippen LogP contribution in [0.15, 0.2) is 48.5 Å². The molecule has 6 heteroatoms. The van der Waals surface area contributed by atoms with E-state index >= 15 is 0 Å². The number of nitrogens with one attached hydrogen (secondary N) is 1. The van der Waals surface area contributed by atoms with Crippen LogP contribution in [0.2, 0.25) is 0 Å². The molecule has 3 amide bonds. The smallest absolute Gasteiger partial charge is 0.251 e. The summed E-state index contributed by atoms with van der Waals surface area (Å²) in [5.74, 6) is -0.396. The molecule has 2 saturated heterocycles. The topological polar surface area (TPSA) is 69.7 Å². The van der Waals surface area contributed by atoms with Gasteiger partial charge in [0.2, 0.25) is 11.8 Å². The van der Waals surface area contributed by atoms with E-state index in [1.807, 2.05) is 6.07 Å². The molecule has 0 atom stereocenters. The number of amides is 3. The Bertz CT molecular complexity index is 947. The van der Waals surface area contributed by atoms with Crippen LogP contribution in [0, 0.1) is 0 Å². The van der Waals surface area contributed by atoms with Gasteiger partial charge >= 0.3 is 0 Å². The van der Waals surface area contributed by atoms with Gasteiger partial charge in [-0.05, 0) is 54.8 Å². The number of hydrogen-bond donors (Lipinski definition) is 1. The third kappa shape index (κ3) is 5.82. The van der Waals surface area contributed by atoms with Crippen LogP contribution in [-0.4, -0.2) is 40.6 Å². The Morgan fingerprint density at radius 1 is 0.781 bits per heavy atom. The second kappa shape index (κ2) is 10.6. The predicted molar refractivity (Wildman–Crippen MR) is 123 cm³/mol. The zero-order chi connectivity index (χ0) is 22.3. The monoisotopic (exact) mass is 433 g/mol. The lowest BCUT2D eigenvalue weighted by Gasteiger charge is -2.20. The minimum absolute atomic E-state index is 0.130. The molecule has 0 saturated carbocycles. The lowest BCUT2D eigenvalue weighted by atomic mass is 10.1. The van der Waals surface area contributed by atoms with E-state index in [0.29, 0.717) is 24.9 Å². The normalized spacial score (nSPS) is 17.4. The van der Waals surface area contributed by atoms with Crippen molar-refractivity contribution in [3.63, 3.8) is 0 Å². The van der Waals surface area contributed by atoms with Gasteiger partial charge in [-0.2, -0.15) is 0 Å². The lowest BCUT2D eigenvalue weighted by Crippen LogP contribution is -2.28. The number of carbonyl (C=O) groups excluding carboxylic acids is 3. The Hall–Kier alpha value is -2.99. The van der Waals surface area contributed by atoms with Crippen LogP contribution in [0.4, 0.5) is 0 Å². The summed E-state index contributed by atoms with van der Waals surface area (Å²) in [5.41, 5.74) is 3.78. The molecule has 2 fully saturated rings. The average Bonchev–Trinajstić information content (AvgIpc) is 2.98. The molecule has 4 rings (SSSR count). The van der Waals surface area contributed by atoms with Crippen molar-refractivity contribution < 1.29 is 14.4 Å². The SMILES string of the molecule is O=C(NCc1cccc(CN2CCCCCC2)c1)c1ccc(CN2C(=O)CCC2=O)cc1. The van der Waals surface area contributed by atoms with Crippen LogP contribution in [-0.2, 0) is 29.2 Å². The number of likely N-dealkylation sites (tertiary alicyclic amines) is 2. The number of hydrogen-bond acceptors (Lipinski definition) is 4. The first kappa shape index (κ1) is 22.2. The number of carbonyl (C=O) groups is 3. The summed E-state index contributed by atoms with van der Waals surface area (Å²) in [6.45, 7) is 4.04. The molecule has 32 heavy (non-hydrogen) atoms. The molecule has 0 bridgehead atoms. The fourth-order valence-electron chi connectivity index (χ4n) is 4.42. The van der Waals surface area contributed by atoms with Crippen LogP contribution in [0.5, 0.6) is 0 Å². The van der Waals surface area contributed by atoms with E-state index in [9.17, 15) is 14.4 Å². The van der Waals surface area contributed by atoms with Gasteiger partial charge in [-0.1, -0.05) is 49.2 Å². The number of rotatable bonds is 7. The quantitative estimate of drug-likeness (QED) is 0.677. The molecular weight excluding hydrogens is 402 g/mol. The van der Waals surface area contributed by atoms with Crippen molar-refractivity contribution in [2.45, 2.75) is 58.2 Å². The molecule has 0 aromatic heterocycles. The maximum absolute atomic E-state index is 12.6. The average molecular weight is 434 g/mol. The zero-order valence-corrected chi connectivity index (χ0v) is 18.5. The highest BCUT2D eigenvalue weighted by Crippen LogP contribution is 2.17. The number of imide groups is 1. The minimum Gasteiger partial charge on any atom is -0.348 e. The summed E-state index contributed by atoms with van der Waals surface area (Å²) >= 11 is 0. The van der Waals surface area contributed by atoms with E-state index in [1.54, 1.807) is 24.3 Å². The Balaban J connectivity index is 1.29. The van der Waals surface area contributed by atoms with Gasteiger partial charge in [0.15, 0.2) is 0 Å². The van der Waals surface area contributed by atoms with Crippen LogP contribution >= 0.6 is 0 Å². The Morgan fingerprint density at radius 2 is 1.44 bits per heavy atom. The van der Waals surface area contributed by atoms with Gasteiger partial charge in [-0.3, -0.25) is 24.2 Å². The van der Waals surface area contributed by atoms with Gasteiger partial charge in [0, 0.05) is 31.5 Å². The maximum Gasteiger partial charge on any atom is 0.251 e. The first-order chi connectivity index (χ1) is 15.6. The second-order valence-corrected chi connectivity index (χ2v) is 8.76. The van der Waals surface area contributed by atoms with E-state index in [-0.39, 0.29) is 24.3 Å². The molecule has 168 valence electrons. The van der Waals surface area contributed by atoms with Gasteiger partial charge in [-0.25, -0.2) is 0 Å². The molecule has 2 aliphatic heterocycles. The van der Waals surface area contributed by atoms with Crippen LogP contribution in [0.25, 0.3) is 0 Å². The second-order valence-electron chi connectivity index (χ2n) is 8.76. The zero-order valence-electron chi connectivity index (χ0n) is 18.5. The van der Waals surface area contributed by atoms with E-state index < -0.39 is 0 Å². The highest BCUT2D eigenvalue weighted by molar-refractivity contribution is 6.01. The first-order valence-corrected chi connectivity index (χ1v) is 11.6. The van der Waals surface area contributed by atoms with Crippen molar-refractivity contribution in [3.05, 3.63) is 70.8 Å². The van der Waals surface area contributed by atoms with Gasteiger partial charge in [0.25, 0.3) is 5.91 Å². The minimum atomic E-state index is -0.136. The van der Waals surface area contributed by atoms with Crippen molar-refractivity contribution in [1.82, 2.24) is 15.1 Å². The maximum atomic E-state index is 12.6. The predicted octanol–water partition coefficient (Wildman–Crippen LogP) is 3.64. The number of nitrogens with zero attached hydrogens (tertiary/aromatic N) is 2. The van der Waals surface area contributed by atoms with E-state index in [0.717, 1.165) is 30.8 Å². The van der Waals surface area contributed by atoms with Gasteiger partial charge < -0.3 is 5.32 Å². The van der Waals surface area contributed by atoms with Crippen molar-refractivity contribution in [2.75, 3.05) is 13.1 Å². The largest absolute Gasteiger partial charge is 0.348 e. The van der Waals surface area contributed by atoms with Crippen molar-refractivity contribution in [3.8, 4) is 0 Å². The standard InChI is InChI=1S/C26H31N3O3/c30-24-12-13-25(31)29(24)19-20-8-10-23(11-9-20)26(32)27-17-21-6-5-7-22(16-21)18-28-14-3-1-2-4-15-28/h5-11,16H,1-4,12-15,17-19H2,(H,27,32). The van der Waals surface area contributed by atoms with E-state index in [2.05, 4.69) is 28.4 Å². The van der Waals surface area contributed by atoms with Crippen molar-refractivity contribution in [2.24, 2.45) is 0 Å². The third-order valence-electron chi connectivity index (χ3n) is 6.26. The number of benzene rings is 2. The summed E-state index contributed by atoms with van der Waals surface area (Å²) in [7, 11) is 0. The van der Waals surface area contributed by atoms with Crippen LogP contribution in [0.3, 0.4) is 0 Å². The fourth-order valence-corrected chi connectivity index (χ4v) is 4.42. The summed E-state index contributed by atoms with van der Waals surface area (Å²) in [5, 5.41) is 2.99. The molecule has 0 unspecified atom stereocenters. The summed E-state index contributed by atoms with van der Waals surface area (Å²) < 4.78 is 0. The molecule has 2 aromatic carbocycles. The molecule has 6 nitrogen and oxygen atoms in total. The fraction of sp³-hybridized carbons (Fsp3) is 0.423. The molecule has 2 heterocycles. The summed E-state index contributed by atoms with van der Waals surface area (Å²) in [6.07, 6.45) is 5.80. The van der Waals surface area contributed by atoms with E-state index in [1.165, 1.54) is 36.1 Å². The van der Waals surface area contributed by atoms with Crippen molar-refractivity contribution >= 4 is 17.7 Å². The third-order valence-corrected chi connectivity index (χ3v) is 6.26. The summed E-state index contributed by atoms with van der Waals surface area (Å²) in [6, 6.07) is 15.5. The highest BCUT2D eigenvalue weighted by atomic mass is 16.2. The van der Waals surface area contributed by atoms with Gasteiger partial charge in [0.1, 0.15) is 0 Å². The highest BCUT2D eigenvalue weighted by Gasteiger charge is 2.28. The Kier molecular flexibility index (Phi) is 7.32. The van der Waals surface area contributed by atoms with Crippen LogP contribution in [0.1, 0.15) is 65.6 Å². The van der Waals surface area contributed by atoms with Crippen LogP contribution < -0.4 is 5.32 Å². The molecule has 1 N–H and O–H groups in total. The van der Waals surface area contributed by atoms with Gasteiger partial charge in [0.05, 0.1) is 6.54 Å². The van der Waals surface area contributed by atoms with Crippen molar-refractivity contribution in [1.29, 1.82) is 0 Å². The Morgan fingerprint density at radius 3 is 2.12 bits per heavy atom. The molecule has 2 aromatic rings. The molecule has 0 radical (unpaired) electrons. The molecule has 2 aliphatic rings. The molecular formula is C26H31N3O3. The molecule has 0 spiro atoms. The van der Waals surface area contributed by atoms with E-state index in [4.69, 9.17) is 0 Å². The molecule has 0 aliphatic carbocycles. The lowest BCUT2D eigenvalue weighted by molar-refractivity contribution is -0.139. The summed E-state index contributed by atoms with van der Waals surface area (Å²) in [4.78, 5) is 39.9. The first-order valence-electron chi connectivity index (χ1n) is 11.6. The Labute approximate surface area is 189 Å². The van der Waals surface area contributed by atoms with Gasteiger partial charge in [-0.15, -0.1) is 0 Å².